The summed E-state index contributed by atoms with van der Waals surface area (Å²) in [6, 6.07) is 23.6. The number of carbonyl (C=O) groups is 2. The van der Waals surface area contributed by atoms with Crippen LogP contribution in [0.2, 0.25) is 10.0 Å². The molecule has 11 heteroatoms. The Kier molecular flexibility index (Phi) is 10.7. The normalized spacial score (nSPS) is 12.4. The van der Waals surface area contributed by atoms with Gasteiger partial charge in [0.15, 0.2) is 0 Å². The second kappa shape index (κ2) is 14.1. The summed E-state index contributed by atoms with van der Waals surface area (Å²) in [6.45, 7) is 5.97. The number of nitrogens with one attached hydrogen (secondary N) is 2. The molecule has 0 aliphatic heterocycles. The van der Waals surface area contributed by atoms with Crippen molar-refractivity contribution in [3.8, 4) is 11.1 Å². The van der Waals surface area contributed by atoms with E-state index in [1.165, 1.54) is 12.1 Å². The Morgan fingerprint density at radius 1 is 0.911 bits per heavy atom. The highest BCUT2D eigenvalue weighted by molar-refractivity contribution is 7.85. The third kappa shape index (κ3) is 9.37. The minimum atomic E-state index is -4.45. The molecule has 1 unspecified atom stereocenters. The van der Waals surface area contributed by atoms with Crippen molar-refractivity contribution in [2.45, 2.75) is 38.5 Å². The summed E-state index contributed by atoms with van der Waals surface area (Å²) in [4.78, 5) is 26.1. The van der Waals surface area contributed by atoms with Gasteiger partial charge in [-0.05, 0) is 70.5 Å². The zero-order valence-electron chi connectivity index (χ0n) is 24.9. The number of halogens is 3. The number of hydrogen-bond donors (Lipinski definition) is 2. The van der Waals surface area contributed by atoms with Crippen molar-refractivity contribution in [2.24, 2.45) is 0 Å². The molecular formula is C34H32Cl2FN2O5S-. The first kappa shape index (κ1) is 34.1. The van der Waals surface area contributed by atoms with E-state index in [1.54, 1.807) is 48.5 Å². The van der Waals surface area contributed by atoms with Crippen molar-refractivity contribution < 1.29 is 27.0 Å². The highest BCUT2D eigenvalue weighted by Crippen LogP contribution is 2.33. The van der Waals surface area contributed by atoms with Crippen LogP contribution in [0, 0.1) is 5.82 Å². The zero-order valence-corrected chi connectivity index (χ0v) is 27.2. The van der Waals surface area contributed by atoms with E-state index in [4.69, 9.17) is 23.2 Å². The van der Waals surface area contributed by atoms with Crippen LogP contribution in [0.1, 0.15) is 53.7 Å². The summed E-state index contributed by atoms with van der Waals surface area (Å²) in [5.41, 5.74) is 3.86. The summed E-state index contributed by atoms with van der Waals surface area (Å²) < 4.78 is 47.7. The second-order valence-electron chi connectivity index (χ2n) is 11.7. The molecule has 0 saturated carbocycles. The lowest BCUT2D eigenvalue weighted by atomic mass is 9.84. The molecule has 0 spiro atoms. The van der Waals surface area contributed by atoms with Crippen LogP contribution in [-0.2, 0) is 26.7 Å². The van der Waals surface area contributed by atoms with Crippen LogP contribution in [0.3, 0.4) is 0 Å². The van der Waals surface area contributed by atoms with E-state index in [2.05, 4.69) is 31.4 Å². The van der Waals surface area contributed by atoms with Gasteiger partial charge in [0.2, 0.25) is 5.91 Å². The quantitative estimate of drug-likeness (QED) is 0.172. The Labute approximate surface area is 272 Å². The largest absolute Gasteiger partial charge is 0.748 e. The van der Waals surface area contributed by atoms with E-state index in [-0.39, 0.29) is 29.6 Å². The molecule has 0 aliphatic carbocycles. The van der Waals surface area contributed by atoms with E-state index in [0.717, 1.165) is 16.7 Å². The first-order valence-electron chi connectivity index (χ1n) is 14.1. The van der Waals surface area contributed by atoms with Gasteiger partial charge in [-0.15, -0.1) is 0 Å². The molecule has 2 amide bonds. The van der Waals surface area contributed by atoms with Crippen molar-refractivity contribution in [1.82, 2.24) is 5.32 Å². The van der Waals surface area contributed by atoms with Crippen molar-refractivity contribution in [3.63, 3.8) is 0 Å². The van der Waals surface area contributed by atoms with E-state index >= 15 is 4.39 Å². The lowest BCUT2D eigenvalue weighted by Gasteiger charge is -2.22. The van der Waals surface area contributed by atoms with Crippen molar-refractivity contribution >= 4 is 50.8 Å². The maximum absolute atomic E-state index is 15.3. The molecule has 45 heavy (non-hydrogen) atoms. The van der Waals surface area contributed by atoms with Crippen molar-refractivity contribution in [2.75, 3.05) is 17.6 Å². The number of rotatable bonds is 10. The minimum absolute atomic E-state index is 0.0114. The first-order chi connectivity index (χ1) is 21.1. The van der Waals surface area contributed by atoms with E-state index in [0.29, 0.717) is 21.2 Å². The molecule has 2 N–H and O–H groups in total. The predicted molar refractivity (Wildman–Crippen MR) is 175 cm³/mol. The maximum Gasteiger partial charge on any atom is 0.251 e. The van der Waals surface area contributed by atoms with Gasteiger partial charge in [-0.1, -0.05) is 92.5 Å². The third-order valence-corrected chi connectivity index (χ3v) is 8.51. The summed E-state index contributed by atoms with van der Waals surface area (Å²) in [5.74, 6) is -2.99. The number of amides is 2. The topological polar surface area (TPSA) is 115 Å². The summed E-state index contributed by atoms with van der Waals surface area (Å²) >= 11 is 12.3. The van der Waals surface area contributed by atoms with Gasteiger partial charge in [0, 0.05) is 27.7 Å². The fourth-order valence-electron chi connectivity index (χ4n) is 4.72. The molecule has 236 valence electrons. The SMILES string of the molecule is CC(C)(C)c1ccc(C(Cc2ccc(C(=O)NCCS(=O)(=O)[O-])cc2)C(=O)Nc2ccc(-c3ccc(Cl)cc3Cl)cc2F)cc1. The molecule has 7 nitrogen and oxygen atoms in total. The van der Waals surface area contributed by atoms with Crippen LogP contribution in [0.25, 0.3) is 11.1 Å². The zero-order chi connectivity index (χ0) is 32.9. The van der Waals surface area contributed by atoms with Gasteiger partial charge >= 0.3 is 0 Å². The Balaban J connectivity index is 1.56. The lowest BCUT2D eigenvalue weighted by Crippen LogP contribution is -2.29. The van der Waals surface area contributed by atoms with Crippen LogP contribution in [-0.4, -0.2) is 37.1 Å². The predicted octanol–water partition coefficient (Wildman–Crippen LogP) is 7.34. The molecule has 0 fully saturated rings. The Bertz CT molecular complexity index is 1810. The number of hydrogen-bond acceptors (Lipinski definition) is 5. The van der Waals surface area contributed by atoms with Crippen LogP contribution in [0.5, 0.6) is 0 Å². The van der Waals surface area contributed by atoms with Crippen LogP contribution < -0.4 is 10.6 Å². The fourth-order valence-corrected chi connectivity index (χ4v) is 5.59. The van der Waals surface area contributed by atoms with Gasteiger partial charge < -0.3 is 15.2 Å². The number of anilines is 1. The Morgan fingerprint density at radius 2 is 1.58 bits per heavy atom. The van der Waals surface area contributed by atoms with Gasteiger partial charge in [-0.25, -0.2) is 12.8 Å². The van der Waals surface area contributed by atoms with E-state index < -0.39 is 39.4 Å². The first-order valence-corrected chi connectivity index (χ1v) is 16.4. The summed E-state index contributed by atoms with van der Waals surface area (Å²) in [7, 11) is -4.45. The van der Waals surface area contributed by atoms with Crippen LogP contribution >= 0.6 is 23.2 Å². The molecule has 1 atom stereocenters. The van der Waals surface area contributed by atoms with Crippen molar-refractivity contribution in [1.29, 1.82) is 0 Å². The molecule has 0 bridgehead atoms. The van der Waals surface area contributed by atoms with Gasteiger partial charge in [-0.3, -0.25) is 9.59 Å². The maximum atomic E-state index is 15.3. The van der Waals surface area contributed by atoms with Crippen LogP contribution in [0.4, 0.5) is 10.1 Å². The lowest BCUT2D eigenvalue weighted by molar-refractivity contribution is -0.117. The molecule has 4 aromatic rings. The molecule has 0 saturated heterocycles. The highest BCUT2D eigenvalue weighted by atomic mass is 35.5. The smallest absolute Gasteiger partial charge is 0.251 e. The summed E-state index contributed by atoms with van der Waals surface area (Å²) in [5, 5.41) is 5.96. The molecule has 0 radical (unpaired) electrons. The molecule has 0 heterocycles. The van der Waals surface area contributed by atoms with Gasteiger partial charge in [0.25, 0.3) is 5.91 Å². The Morgan fingerprint density at radius 3 is 2.16 bits per heavy atom. The molecule has 0 aliphatic rings. The molecule has 0 aromatic heterocycles. The average Bonchev–Trinajstić information content (AvgIpc) is 2.96. The van der Waals surface area contributed by atoms with E-state index in [1.807, 2.05) is 24.3 Å². The van der Waals surface area contributed by atoms with Gasteiger partial charge in [-0.2, -0.15) is 0 Å². The summed E-state index contributed by atoms with van der Waals surface area (Å²) in [6.07, 6.45) is 0.247. The van der Waals surface area contributed by atoms with E-state index in [9.17, 15) is 22.6 Å². The molecule has 4 rings (SSSR count). The monoisotopic (exact) mass is 669 g/mol. The fraction of sp³-hybridized carbons (Fsp3) is 0.235. The van der Waals surface area contributed by atoms with Gasteiger partial charge in [0.05, 0.1) is 27.5 Å². The highest BCUT2D eigenvalue weighted by Gasteiger charge is 2.24. The number of carbonyl (C=O) groups excluding carboxylic acids is 2. The molecule has 4 aromatic carbocycles. The Hall–Kier alpha value is -3.76. The van der Waals surface area contributed by atoms with Crippen LogP contribution in [0.15, 0.2) is 84.9 Å². The van der Waals surface area contributed by atoms with Crippen molar-refractivity contribution in [3.05, 3.63) is 123 Å². The standard InChI is InChI=1S/C34H33Cl2FN2O5S/c1-34(2,3)25-11-8-22(9-12-25)28(18-21-4-6-23(7-5-21)32(40)38-16-17-45(42,43)44)33(41)39-31-15-10-24(19-30(31)37)27-14-13-26(35)20-29(27)36/h4-15,19-20,28H,16-18H2,1-3H3,(H,38,40)(H,39,41)(H,42,43,44)/p-1. The average molecular weight is 671 g/mol. The van der Waals surface area contributed by atoms with Gasteiger partial charge in [0.1, 0.15) is 5.82 Å². The number of benzene rings is 4. The third-order valence-electron chi connectivity index (χ3n) is 7.26. The second-order valence-corrected chi connectivity index (χ2v) is 14.0. The minimum Gasteiger partial charge on any atom is -0.748 e. The molecular weight excluding hydrogens is 638 g/mol.